The molecule has 37 heavy (non-hydrogen) atoms. The van der Waals surface area contributed by atoms with Crippen molar-refractivity contribution in [3.8, 4) is 11.5 Å². The number of amides is 1. The minimum absolute atomic E-state index is 0.0853. The Kier molecular flexibility index (Phi) is 7.51. The molecule has 4 rings (SSSR count). The fourth-order valence-corrected chi connectivity index (χ4v) is 5.05. The SMILES string of the molecule is CC(C)(C)NS(=O)(=O)c1ccc(NC(=O)[C@H](Cc2ccccc2)c2nnc(-c3ccc(F)cc3)o2)cc1. The standard InChI is InChI=1S/C27H27FN4O4S/c1-27(2,3)32-37(34,35)22-15-13-21(14-16-22)29-24(33)23(17-18-7-5-4-6-8-18)26-31-30-25(36-26)19-9-11-20(28)12-10-19/h4-16,23,32H,17H2,1-3H3,(H,29,33)/t23-/m0/s1. The molecule has 8 nitrogen and oxygen atoms in total. The van der Waals surface area contributed by atoms with E-state index < -0.39 is 33.2 Å². The molecule has 0 radical (unpaired) electrons. The molecule has 0 fully saturated rings. The molecule has 0 bridgehead atoms. The molecule has 1 aromatic heterocycles. The number of carbonyl (C=O) groups excluding carboxylic acids is 1. The minimum Gasteiger partial charge on any atom is -0.420 e. The van der Waals surface area contributed by atoms with E-state index in [1.807, 2.05) is 30.3 Å². The highest BCUT2D eigenvalue weighted by Gasteiger charge is 2.28. The molecule has 0 aliphatic carbocycles. The highest BCUT2D eigenvalue weighted by molar-refractivity contribution is 7.89. The smallest absolute Gasteiger partial charge is 0.247 e. The van der Waals surface area contributed by atoms with Gasteiger partial charge in [0.15, 0.2) is 0 Å². The Morgan fingerprint density at radius 3 is 2.22 bits per heavy atom. The van der Waals surface area contributed by atoms with Crippen LogP contribution in [0.5, 0.6) is 0 Å². The quantitative estimate of drug-likeness (QED) is 0.340. The highest BCUT2D eigenvalue weighted by atomic mass is 32.2. The summed E-state index contributed by atoms with van der Waals surface area (Å²) >= 11 is 0. The normalized spacial score (nSPS) is 12.8. The van der Waals surface area contributed by atoms with Gasteiger partial charge < -0.3 is 9.73 Å². The molecule has 0 saturated carbocycles. The Balaban J connectivity index is 1.57. The number of nitrogens with one attached hydrogen (secondary N) is 2. The lowest BCUT2D eigenvalue weighted by Crippen LogP contribution is -2.40. The Labute approximate surface area is 215 Å². The van der Waals surface area contributed by atoms with E-state index >= 15 is 0 Å². The van der Waals surface area contributed by atoms with Gasteiger partial charge in [-0.2, -0.15) is 0 Å². The maximum Gasteiger partial charge on any atom is 0.247 e. The third-order valence-electron chi connectivity index (χ3n) is 5.30. The lowest BCUT2D eigenvalue weighted by atomic mass is 9.98. The van der Waals surface area contributed by atoms with Gasteiger partial charge in [-0.3, -0.25) is 4.79 Å². The topological polar surface area (TPSA) is 114 Å². The predicted molar refractivity (Wildman–Crippen MR) is 138 cm³/mol. The molecule has 192 valence electrons. The van der Waals surface area contributed by atoms with Crippen molar-refractivity contribution in [2.24, 2.45) is 0 Å². The summed E-state index contributed by atoms with van der Waals surface area (Å²) in [6.45, 7) is 5.26. The number of carbonyl (C=O) groups is 1. The van der Waals surface area contributed by atoms with Crippen molar-refractivity contribution in [3.05, 3.63) is 96.1 Å². The van der Waals surface area contributed by atoms with Gasteiger partial charge in [0.25, 0.3) is 0 Å². The van der Waals surface area contributed by atoms with Crippen molar-refractivity contribution in [1.82, 2.24) is 14.9 Å². The average Bonchev–Trinajstić information content (AvgIpc) is 3.32. The molecule has 0 unspecified atom stereocenters. The van der Waals surface area contributed by atoms with Gasteiger partial charge in [-0.1, -0.05) is 30.3 Å². The summed E-state index contributed by atoms with van der Waals surface area (Å²) in [7, 11) is -3.71. The van der Waals surface area contributed by atoms with Crippen LogP contribution in [0.4, 0.5) is 10.1 Å². The summed E-state index contributed by atoms with van der Waals surface area (Å²) in [4.78, 5) is 13.4. The van der Waals surface area contributed by atoms with E-state index in [0.29, 0.717) is 17.7 Å². The summed E-state index contributed by atoms with van der Waals surface area (Å²) in [5.74, 6) is -1.34. The first-order chi connectivity index (χ1) is 17.5. The van der Waals surface area contributed by atoms with E-state index in [1.165, 1.54) is 48.5 Å². The fourth-order valence-electron chi connectivity index (χ4n) is 3.64. The molecule has 1 amide bonds. The number of hydrogen-bond acceptors (Lipinski definition) is 6. The minimum atomic E-state index is -3.71. The number of rotatable bonds is 8. The number of anilines is 1. The van der Waals surface area contributed by atoms with E-state index in [0.717, 1.165) is 5.56 Å². The van der Waals surface area contributed by atoms with Crippen LogP contribution in [-0.2, 0) is 21.2 Å². The zero-order valence-electron chi connectivity index (χ0n) is 20.6. The predicted octanol–water partition coefficient (Wildman–Crippen LogP) is 4.92. The fraction of sp³-hybridized carbons (Fsp3) is 0.222. The van der Waals surface area contributed by atoms with Crippen molar-refractivity contribution in [2.45, 2.75) is 43.5 Å². The lowest BCUT2D eigenvalue weighted by Gasteiger charge is -2.20. The summed E-state index contributed by atoms with van der Waals surface area (Å²) < 4.78 is 46.8. The Morgan fingerprint density at radius 2 is 1.59 bits per heavy atom. The van der Waals surface area contributed by atoms with E-state index in [4.69, 9.17) is 4.42 Å². The molecule has 1 heterocycles. The van der Waals surface area contributed by atoms with Crippen LogP contribution in [-0.4, -0.2) is 30.1 Å². The first kappa shape index (κ1) is 26.2. The number of hydrogen-bond donors (Lipinski definition) is 2. The van der Waals surface area contributed by atoms with Gasteiger partial charge in [0.1, 0.15) is 11.7 Å². The second-order valence-corrected chi connectivity index (χ2v) is 11.2. The van der Waals surface area contributed by atoms with Gasteiger partial charge in [0, 0.05) is 16.8 Å². The van der Waals surface area contributed by atoms with Crippen LogP contribution in [0.3, 0.4) is 0 Å². The van der Waals surface area contributed by atoms with Crippen molar-refractivity contribution in [1.29, 1.82) is 0 Å². The molecule has 0 aliphatic rings. The number of halogens is 1. The molecular formula is C27H27FN4O4S. The second-order valence-electron chi connectivity index (χ2n) is 9.56. The van der Waals surface area contributed by atoms with Gasteiger partial charge in [0.05, 0.1) is 4.90 Å². The van der Waals surface area contributed by atoms with E-state index in [-0.39, 0.29) is 16.7 Å². The number of nitrogens with zero attached hydrogens (tertiary/aromatic N) is 2. The summed E-state index contributed by atoms with van der Waals surface area (Å²) in [5.41, 5.74) is 1.20. The summed E-state index contributed by atoms with van der Waals surface area (Å²) in [6.07, 6.45) is 0.291. The maximum absolute atomic E-state index is 13.4. The molecule has 2 N–H and O–H groups in total. The lowest BCUT2D eigenvalue weighted by molar-refractivity contribution is -0.118. The molecule has 0 saturated heterocycles. The molecule has 1 atom stereocenters. The van der Waals surface area contributed by atoms with Crippen LogP contribution in [0.25, 0.3) is 11.5 Å². The first-order valence-electron chi connectivity index (χ1n) is 11.6. The first-order valence-corrected chi connectivity index (χ1v) is 13.1. The molecular weight excluding hydrogens is 495 g/mol. The number of aromatic nitrogens is 2. The van der Waals surface area contributed by atoms with Crippen LogP contribution in [0, 0.1) is 5.82 Å². The van der Waals surface area contributed by atoms with Crippen molar-refractivity contribution < 1.29 is 22.0 Å². The molecule has 0 aliphatic heterocycles. The van der Waals surface area contributed by atoms with Gasteiger partial charge >= 0.3 is 0 Å². The third-order valence-corrected chi connectivity index (χ3v) is 7.08. The van der Waals surface area contributed by atoms with E-state index in [9.17, 15) is 17.6 Å². The summed E-state index contributed by atoms with van der Waals surface area (Å²) in [6, 6.07) is 20.9. The largest absolute Gasteiger partial charge is 0.420 e. The van der Waals surface area contributed by atoms with Crippen LogP contribution in [0.2, 0.25) is 0 Å². The number of benzene rings is 3. The Bertz CT molecular complexity index is 1460. The molecule has 10 heteroatoms. The van der Waals surface area contributed by atoms with Crippen molar-refractivity contribution in [3.63, 3.8) is 0 Å². The van der Waals surface area contributed by atoms with Gasteiger partial charge in [-0.05, 0) is 81.3 Å². The Hall–Kier alpha value is -3.89. The average molecular weight is 523 g/mol. The van der Waals surface area contributed by atoms with Crippen LogP contribution < -0.4 is 10.0 Å². The highest BCUT2D eigenvalue weighted by Crippen LogP contribution is 2.26. The van der Waals surface area contributed by atoms with E-state index in [1.54, 1.807) is 20.8 Å². The molecule has 4 aromatic rings. The monoisotopic (exact) mass is 522 g/mol. The van der Waals surface area contributed by atoms with Gasteiger partial charge in [-0.25, -0.2) is 17.5 Å². The zero-order valence-corrected chi connectivity index (χ0v) is 21.4. The maximum atomic E-state index is 13.4. The van der Waals surface area contributed by atoms with Crippen molar-refractivity contribution in [2.75, 3.05) is 5.32 Å². The van der Waals surface area contributed by atoms with Gasteiger partial charge in [0.2, 0.25) is 27.7 Å². The second kappa shape index (κ2) is 10.6. The molecule has 0 spiro atoms. The zero-order chi connectivity index (χ0) is 26.6. The Morgan fingerprint density at radius 1 is 0.946 bits per heavy atom. The molecule has 3 aromatic carbocycles. The number of sulfonamides is 1. The van der Waals surface area contributed by atoms with Crippen molar-refractivity contribution >= 4 is 21.6 Å². The third kappa shape index (κ3) is 6.87. The van der Waals surface area contributed by atoms with Crippen LogP contribution >= 0.6 is 0 Å². The van der Waals surface area contributed by atoms with Crippen LogP contribution in [0.1, 0.15) is 38.1 Å². The van der Waals surface area contributed by atoms with Crippen LogP contribution in [0.15, 0.2) is 88.2 Å². The van der Waals surface area contributed by atoms with Gasteiger partial charge in [-0.15, -0.1) is 10.2 Å². The summed E-state index contributed by atoms with van der Waals surface area (Å²) in [5, 5.41) is 11.0. The van der Waals surface area contributed by atoms with E-state index in [2.05, 4.69) is 20.2 Å².